The zero-order valence-electron chi connectivity index (χ0n) is 14.6. The van der Waals surface area contributed by atoms with E-state index in [1.165, 1.54) is 12.1 Å². The van der Waals surface area contributed by atoms with E-state index in [0.717, 1.165) is 8.78 Å². The minimum Gasteiger partial charge on any atom is -0.494 e. The first kappa shape index (κ1) is 20.4. The van der Waals surface area contributed by atoms with E-state index in [1.54, 1.807) is 43.3 Å². The Balaban J connectivity index is 2.10. The fourth-order valence-corrected chi connectivity index (χ4v) is 3.95. The van der Waals surface area contributed by atoms with Gasteiger partial charge in [0.15, 0.2) is 0 Å². The standard InChI is InChI=1S/C18H21BrN2O4S/c1-3-21(13-18(22)20-15-7-5-14(19)6-8-15)26(23,24)17-11-9-16(10-12-17)25-4-2/h5-12H,3-4,13H2,1-2H3,(H,20,22). The maximum Gasteiger partial charge on any atom is 0.243 e. The van der Waals surface area contributed by atoms with E-state index < -0.39 is 15.9 Å². The molecule has 6 nitrogen and oxygen atoms in total. The lowest BCUT2D eigenvalue weighted by Gasteiger charge is -2.20. The fraction of sp³-hybridized carbons (Fsp3) is 0.278. The van der Waals surface area contributed by atoms with Gasteiger partial charge in [0.1, 0.15) is 5.75 Å². The normalized spacial score (nSPS) is 11.4. The number of anilines is 1. The maximum atomic E-state index is 12.8. The SMILES string of the molecule is CCOc1ccc(S(=O)(=O)N(CC)CC(=O)Nc2ccc(Br)cc2)cc1. The molecule has 2 aromatic rings. The summed E-state index contributed by atoms with van der Waals surface area (Å²) in [5.74, 6) is 0.200. The molecule has 0 bridgehead atoms. The average molecular weight is 441 g/mol. The summed E-state index contributed by atoms with van der Waals surface area (Å²) < 4.78 is 32.9. The molecule has 0 spiro atoms. The Morgan fingerprint density at radius 1 is 1.08 bits per heavy atom. The third kappa shape index (κ3) is 5.30. The van der Waals surface area contributed by atoms with Crippen molar-refractivity contribution in [1.29, 1.82) is 0 Å². The minimum atomic E-state index is -3.77. The molecule has 0 saturated carbocycles. The molecule has 0 aromatic heterocycles. The van der Waals surface area contributed by atoms with Gasteiger partial charge in [-0.25, -0.2) is 8.42 Å². The van der Waals surface area contributed by atoms with Gasteiger partial charge in [0, 0.05) is 16.7 Å². The molecule has 26 heavy (non-hydrogen) atoms. The van der Waals surface area contributed by atoms with E-state index in [2.05, 4.69) is 21.2 Å². The lowest BCUT2D eigenvalue weighted by atomic mass is 10.3. The number of carbonyl (C=O) groups excluding carboxylic acids is 1. The highest BCUT2D eigenvalue weighted by molar-refractivity contribution is 9.10. The number of amides is 1. The Kier molecular flexibility index (Phi) is 7.19. The van der Waals surface area contributed by atoms with Crippen molar-refractivity contribution in [3.63, 3.8) is 0 Å². The molecule has 1 N–H and O–H groups in total. The van der Waals surface area contributed by atoms with Crippen LogP contribution in [0.2, 0.25) is 0 Å². The molecule has 0 radical (unpaired) electrons. The summed E-state index contributed by atoms with van der Waals surface area (Å²) in [4.78, 5) is 12.4. The van der Waals surface area contributed by atoms with E-state index in [1.807, 2.05) is 6.92 Å². The van der Waals surface area contributed by atoms with Gasteiger partial charge >= 0.3 is 0 Å². The number of rotatable bonds is 8. The van der Waals surface area contributed by atoms with Crippen LogP contribution < -0.4 is 10.1 Å². The third-order valence-electron chi connectivity index (χ3n) is 3.57. The van der Waals surface area contributed by atoms with Crippen molar-refractivity contribution in [2.24, 2.45) is 0 Å². The van der Waals surface area contributed by atoms with Crippen molar-refractivity contribution in [1.82, 2.24) is 4.31 Å². The van der Waals surface area contributed by atoms with Gasteiger partial charge < -0.3 is 10.1 Å². The van der Waals surface area contributed by atoms with Crippen molar-refractivity contribution in [2.75, 3.05) is 25.0 Å². The number of hydrogen-bond donors (Lipinski definition) is 1. The zero-order valence-corrected chi connectivity index (χ0v) is 17.0. The maximum absolute atomic E-state index is 12.8. The highest BCUT2D eigenvalue weighted by Crippen LogP contribution is 2.20. The van der Waals surface area contributed by atoms with Crippen molar-refractivity contribution < 1.29 is 17.9 Å². The molecule has 140 valence electrons. The predicted molar refractivity (Wildman–Crippen MR) is 105 cm³/mol. The quantitative estimate of drug-likeness (QED) is 0.681. The second-order valence-corrected chi connectivity index (χ2v) is 8.24. The van der Waals surface area contributed by atoms with Gasteiger partial charge in [-0.1, -0.05) is 22.9 Å². The van der Waals surface area contributed by atoms with E-state index in [-0.39, 0.29) is 18.0 Å². The average Bonchev–Trinajstić information content (AvgIpc) is 2.62. The third-order valence-corrected chi connectivity index (χ3v) is 6.04. The van der Waals surface area contributed by atoms with Crippen LogP contribution in [0.1, 0.15) is 13.8 Å². The molecule has 8 heteroatoms. The molecule has 0 aliphatic carbocycles. The molecule has 0 fully saturated rings. The van der Waals surface area contributed by atoms with Gasteiger partial charge in [0.05, 0.1) is 18.0 Å². The molecular weight excluding hydrogens is 420 g/mol. The molecule has 0 aliphatic heterocycles. The Hall–Kier alpha value is -1.90. The van der Waals surface area contributed by atoms with Gasteiger partial charge in [-0.15, -0.1) is 0 Å². The molecule has 0 atom stereocenters. The predicted octanol–water partition coefficient (Wildman–Crippen LogP) is 3.50. The molecular formula is C18H21BrN2O4S. The van der Waals surface area contributed by atoms with E-state index in [0.29, 0.717) is 18.0 Å². The number of hydrogen-bond acceptors (Lipinski definition) is 4. The number of likely N-dealkylation sites (N-methyl/N-ethyl adjacent to an activating group) is 1. The highest BCUT2D eigenvalue weighted by Gasteiger charge is 2.25. The summed E-state index contributed by atoms with van der Waals surface area (Å²) in [5, 5.41) is 2.70. The summed E-state index contributed by atoms with van der Waals surface area (Å²) in [6, 6.07) is 13.2. The van der Waals surface area contributed by atoms with Crippen molar-refractivity contribution in [3.8, 4) is 5.75 Å². The molecule has 2 rings (SSSR count). The molecule has 1 amide bonds. The molecule has 0 heterocycles. The largest absolute Gasteiger partial charge is 0.494 e. The summed E-state index contributed by atoms with van der Waals surface area (Å²) >= 11 is 3.32. The lowest BCUT2D eigenvalue weighted by Crippen LogP contribution is -2.37. The monoisotopic (exact) mass is 440 g/mol. The van der Waals surface area contributed by atoms with Crippen LogP contribution in [-0.2, 0) is 14.8 Å². The van der Waals surface area contributed by atoms with Crippen LogP contribution in [-0.4, -0.2) is 38.3 Å². The number of nitrogens with zero attached hydrogens (tertiary/aromatic N) is 1. The minimum absolute atomic E-state index is 0.124. The summed E-state index contributed by atoms with van der Waals surface area (Å²) in [6.07, 6.45) is 0. The number of nitrogens with one attached hydrogen (secondary N) is 1. The smallest absolute Gasteiger partial charge is 0.243 e. The van der Waals surface area contributed by atoms with Gasteiger partial charge in [0.25, 0.3) is 0 Å². The first-order valence-electron chi connectivity index (χ1n) is 8.15. The van der Waals surface area contributed by atoms with Crippen LogP contribution in [0.5, 0.6) is 5.75 Å². The van der Waals surface area contributed by atoms with Crippen molar-refractivity contribution in [3.05, 3.63) is 53.0 Å². The summed E-state index contributed by atoms with van der Waals surface area (Å²) in [6.45, 7) is 3.97. The fourth-order valence-electron chi connectivity index (χ4n) is 2.28. The molecule has 0 aliphatic rings. The van der Waals surface area contributed by atoms with Crippen molar-refractivity contribution in [2.45, 2.75) is 18.7 Å². The molecule has 0 unspecified atom stereocenters. The topological polar surface area (TPSA) is 75.7 Å². The molecule has 2 aromatic carbocycles. The summed E-state index contributed by atoms with van der Waals surface area (Å²) in [7, 11) is -3.77. The van der Waals surface area contributed by atoms with Crippen LogP contribution in [0.25, 0.3) is 0 Å². The molecule has 0 saturated heterocycles. The Bertz CT molecular complexity index is 836. The van der Waals surface area contributed by atoms with Crippen LogP contribution in [0.15, 0.2) is 57.9 Å². The number of benzene rings is 2. The van der Waals surface area contributed by atoms with Crippen LogP contribution in [0.4, 0.5) is 5.69 Å². The first-order chi connectivity index (χ1) is 12.4. The number of ether oxygens (including phenoxy) is 1. The van der Waals surface area contributed by atoms with Crippen LogP contribution in [0.3, 0.4) is 0 Å². The van der Waals surface area contributed by atoms with Gasteiger partial charge in [-0.3, -0.25) is 4.79 Å². The number of carbonyl (C=O) groups is 1. The van der Waals surface area contributed by atoms with Crippen LogP contribution >= 0.6 is 15.9 Å². The van der Waals surface area contributed by atoms with E-state index >= 15 is 0 Å². The Morgan fingerprint density at radius 2 is 1.69 bits per heavy atom. The summed E-state index contributed by atoms with van der Waals surface area (Å²) in [5.41, 5.74) is 0.604. The number of halogens is 1. The van der Waals surface area contributed by atoms with Crippen LogP contribution in [0, 0.1) is 0 Å². The van der Waals surface area contributed by atoms with E-state index in [9.17, 15) is 13.2 Å². The van der Waals surface area contributed by atoms with Gasteiger partial charge in [0.2, 0.25) is 15.9 Å². The second kappa shape index (κ2) is 9.16. The lowest BCUT2D eigenvalue weighted by molar-refractivity contribution is -0.116. The second-order valence-electron chi connectivity index (χ2n) is 5.39. The van der Waals surface area contributed by atoms with Gasteiger partial charge in [-0.05, 0) is 55.5 Å². The number of sulfonamides is 1. The zero-order chi connectivity index (χ0) is 19.2. The van der Waals surface area contributed by atoms with E-state index in [4.69, 9.17) is 4.74 Å². The Labute approximate surface area is 162 Å². The first-order valence-corrected chi connectivity index (χ1v) is 10.4. The Morgan fingerprint density at radius 3 is 2.23 bits per heavy atom. The highest BCUT2D eigenvalue weighted by atomic mass is 79.9. The van der Waals surface area contributed by atoms with Gasteiger partial charge in [-0.2, -0.15) is 4.31 Å². The van der Waals surface area contributed by atoms with Crippen molar-refractivity contribution >= 4 is 37.5 Å².